The molecule has 2 N–H and O–H groups in total. The van der Waals surface area contributed by atoms with E-state index in [0.717, 1.165) is 24.1 Å². The first-order valence-electron chi connectivity index (χ1n) is 6.95. The molecule has 4 heteroatoms. The van der Waals surface area contributed by atoms with Crippen LogP contribution >= 0.6 is 11.6 Å². The molecule has 0 bridgehead atoms. The van der Waals surface area contributed by atoms with Gasteiger partial charge in [0.1, 0.15) is 0 Å². The Kier molecular flexibility index (Phi) is 5.49. The molecule has 1 aliphatic rings. The van der Waals surface area contributed by atoms with Gasteiger partial charge in [0.25, 0.3) is 0 Å². The summed E-state index contributed by atoms with van der Waals surface area (Å²) in [6.45, 7) is 2.86. The van der Waals surface area contributed by atoms with Crippen LogP contribution in [-0.2, 0) is 4.74 Å². The summed E-state index contributed by atoms with van der Waals surface area (Å²) in [5, 5.41) is 13.7. The molecule has 2 rings (SSSR count). The van der Waals surface area contributed by atoms with Gasteiger partial charge in [-0.2, -0.15) is 0 Å². The molecule has 0 heterocycles. The van der Waals surface area contributed by atoms with Gasteiger partial charge < -0.3 is 15.2 Å². The summed E-state index contributed by atoms with van der Waals surface area (Å²) in [5.74, 6) is 0. The lowest BCUT2D eigenvalue weighted by molar-refractivity contribution is -0.00117. The molecule has 1 aliphatic carbocycles. The van der Waals surface area contributed by atoms with E-state index in [4.69, 9.17) is 16.3 Å². The van der Waals surface area contributed by atoms with Gasteiger partial charge >= 0.3 is 0 Å². The molecule has 1 aromatic carbocycles. The van der Waals surface area contributed by atoms with Crippen LogP contribution in [-0.4, -0.2) is 30.5 Å². The molecule has 0 radical (unpaired) electrons. The van der Waals surface area contributed by atoms with E-state index in [-0.39, 0.29) is 0 Å². The van der Waals surface area contributed by atoms with Gasteiger partial charge in [0.05, 0.1) is 29.5 Å². The molecule has 0 amide bonds. The zero-order chi connectivity index (χ0) is 13.7. The van der Waals surface area contributed by atoms with Gasteiger partial charge in [0.2, 0.25) is 0 Å². The number of hydrogen-bond acceptors (Lipinski definition) is 3. The van der Waals surface area contributed by atoms with E-state index in [1.807, 2.05) is 25.1 Å². The third-order valence-electron chi connectivity index (χ3n) is 3.48. The number of rotatable bonds is 6. The summed E-state index contributed by atoms with van der Waals surface area (Å²) in [6, 6.07) is 5.81. The Labute approximate surface area is 119 Å². The lowest BCUT2D eigenvalue weighted by Gasteiger charge is -2.17. The maximum atomic E-state index is 9.90. The summed E-state index contributed by atoms with van der Waals surface area (Å²) < 4.78 is 5.68. The highest BCUT2D eigenvalue weighted by molar-refractivity contribution is 6.33. The predicted octanol–water partition coefficient (Wildman–Crippen LogP) is 3.38. The summed E-state index contributed by atoms with van der Waals surface area (Å²) in [7, 11) is 0. The molecular formula is C15H22ClNO2. The van der Waals surface area contributed by atoms with E-state index in [2.05, 4.69) is 5.32 Å². The first kappa shape index (κ1) is 14.6. The summed E-state index contributed by atoms with van der Waals surface area (Å²) in [6.07, 6.45) is 4.60. The molecule has 106 valence electrons. The minimum Gasteiger partial charge on any atom is -0.389 e. The van der Waals surface area contributed by atoms with E-state index in [1.165, 1.54) is 12.8 Å². The molecule has 0 aliphatic heterocycles. The standard InChI is InChI=1S/C15H22ClNO2/c1-11-6-7-14(16)15(8-11)17-9-12(18)10-19-13-4-2-3-5-13/h6-8,12-13,17-18H,2-5,9-10H2,1H3. The summed E-state index contributed by atoms with van der Waals surface area (Å²) in [4.78, 5) is 0. The van der Waals surface area contributed by atoms with Crippen LogP contribution in [0.25, 0.3) is 0 Å². The van der Waals surface area contributed by atoms with Crippen LogP contribution in [0.5, 0.6) is 0 Å². The van der Waals surface area contributed by atoms with Crippen LogP contribution in [0, 0.1) is 6.92 Å². The number of aryl methyl sites for hydroxylation is 1. The number of halogens is 1. The average Bonchev–Trinajstić information content (AvgIpc) is 2.90. The van der Waals surface area contributed by atoms with Crippen molar-refractivity contribution in [1.29, 1.82) is 0 Å². The second-order valence-electron chi connectivity index (χ2n) is 5.26. The van der Waals surface area contributed by atoms with Crippen LogP contribution in [0.3, 0.4) is 0 Å². The van der Waals surface area contributed by atoms with E-state index < -0.39 is 6.10 Å². The zero-order valence-electron chi connectivity index (χ0n) is 11.4. The molecule has 19 heavy (non-hydrogen) atoms. The van der Waals surface area contributed by atoms with E-state index in [0.29, 0.717) is 24.3 Å². The second kappa shape index (κ2) is 7.13. The van der Waals surface area contributed by atoms with Gasteiger partial charge in [-0.3, -0.25) is 0 Å². The lowest BCUT2D eigenvalue weighted by atomic mass is 10.2. The Morgan fingerprint density at radius 2 is 2.16 bits per heavy atom. The first-order chi connectivity index (χ1) is 9.15. The van der Waals surface area contributed by atoms with Crippen molar-refractivity contribution in [2.45, 2.75) is 44.8 Å². The van der Waals surface area contributed by atoms with Gasteiger partial charge in [0.15, 0.2) is 0 Å². The van der Waals surface area contributed by atoms with E-state index in [1.54, 1.807) is 0 Å². The van der Waals surface area contributed by atoms with Gasteiger partial charge in [-0.1, -0.05) is 30.5 Å². The topological polar surface area (TPSA) is 41.5 Å². The van der Waals surface area contributed by atoms with Crippen molar-refractivity contribution in [1.82, 2.24) is 0 Å². The number of hydrogen-bond donors (Lipinski definition) is 2. The van der Waals surface area contributed by atoms with Crippen LogP contribution in [0.4, 0.5) is 5.69 Å². The van der Waals surface area contributed by atoms with Crippen LogP contribution in [0.2, 0.25) is 5.02 Å². The predicted molar refractivity (Wildman–Crippen MR) is 78.9 cm³/mol. The molecule has 0 aromatic heterocycles. The highest BCUT2D eigenvalue weighted by atomic mass is 35.5. The highest BCUT2D eigenvalue weighted by Crippen LogP contribution is 2.23. The Bertz CT molecular complexity index is 405. The normalized spacial score (nSPS) is 17.6. The third kappa shape index (κ3) is 4.68. The molecule has 0 spiro atoms. The SMILES string of the molecule is Cc1ccc(Cl)c(NCC(O)COC2CCCC2)c1. The zero-order valence-corrected chi connectivity index (χ0v) is 12.1. The van der Waals surface area contributed by atoms with Crippen molar-refractivity contribution in [3.8, 4) is 0 Å². The molecule has 1 unspecified atom stereocenters. The quantitative estimate of drug-likeness (QED) is 0.841. The van der Waals surface area contributed by atoms with Crippen LogP contribution in [0.1, 0.15) is 31.2 Å². The number of benzene rings is 1. The highest BCUT2D eigenvalue weighted by Gasteiger charge is 2.16. The minimum absolute atomic E-state index is 0.345. The molecular weight excluding hydrogens is 262 g/mol. The molecule has 1 aromatic rings. The van der Waals surface area contributed by atoms with Crippen molar-refractivity contribution in [3.05, 3.63) is 28.8 Å². The van der Waals surface area contributed by atoms with Gasteiger partial charge in [-0.25, -0.2) is 0 Å². The van der Waals surface area contributed by atoms with E-state index in [9.17, 15) is 5.11 Å². The minimum atomic E-state index is -0.503. The second-order valence-corrected chi connectivity index (χ2v) is 5.67. The van der Waals surface area contributed by atoms with Gasteiger partial charge in [-0.15, -0.1) is 0 Å². The number of aliphatic hydroxyl groups is 1. The van der Waals surface area contributed by atoms with Gasteiger partial charge in [0, 0.05) is 6.54 Å². The maximum Gasteiger partial charge on any atom is 0.0945 e. The largest absolute Gasteiger partial charge is 0.389 e. The van der Waals surface area contributed by atoms with Crippen molar-refractivity contribution < 1.29 is 9.84 Å². The monoisotopic (exact) mass is 283 g/mol. The number of ether oxygens (including phenoxy) is 1. The smallest absolute Gasteiger partial charge is 0.0945 e. The average molecular weight is 284 g/mol. The molecule has 1 fully saturated rings. The fourth-order valence-electron chi connectivity index (χ4n) is 2.36. The number of anilines is 1. The van der Waals surface area contributed by atoms with Crippen molar-refractivity contribution in [2.24, 2.45) is 0 Å². The van der Waals surface area contributed by atoms with Crippen molar-refractivity contribution >= 4 is 17.3 Å². The van der Waals surface area contributed by atoms with Crippen molar-refractivity contribution in [3.63, 3.8) is 0 Å². The number of aliphatic hydroxyl groups excluding tert-OH is 1. The molecule has 3 nitrogen and oxygen atoms in total. The third-order valence-corrected chi connectivity index (χ3v) is 3.81. The van der Waals surface area contributed by atoms with Crippen LogP contribution in [0.15, 0.2) is 18.2 Å². The Morgan fingerprint density at radius 3 is 2.89 bits per heavy atom. The molecule has 0 saturated heterocycles. The van der Waals surface area contributed by atoms with Crippen LogP contribution < -0.4 is 5.32 Å². The van der Waals surface area contributed by atoms with E-state index >= 15 is 0 Å². The molecule has 1 saturated carbocycles. The Morgan fingerprint density at radius 1 is 1.42 bits per heavy atom. The summed E-state index contributed by atoms with van der Waals surface area (Å²) >= 11 is 6.08. The van der Waals surface area contributed by atoms with Gasteiger partial charge in [-0.05, 0) is 37.5 Å². The summed E-state index contributed by atoms with van der Waals surface area (Å²) in [5.41, 5.74) is 2.00. The number of nitrogens with one attached hydrogen (secondary N) is 1. The first-order valence-corrected chi connectivity index (χ1v) is 7.32. The fraction of sp³-hybridized carbons (Fsp3) is 0.600. The Hall–Kier alpha value is -0.770. The lowest BCUT2D eigenvalue weighted by Crippen LogP contribution is -2.27. The van der Waals surface area contributed by atoms with Crippen molar-refractivity contribution in [2.75, 3.05) is 18.5 Å². The molecule has 1 atom stereocenters. The Balaban J connectivity index is 1.73. The maximum absolute atomic E-state index is 9.90. The fourth-order valence-corrected chi connectivity index (χ4v) is 2.55.